The fourth-order valence-electron chi connectivity index (χ4n) is 5.53. The van der Waals surface area contributed by atoms with Gasteiger partial charge in [-0.15, -0.1) is 6.58 Å². The van der Waals surface area contributed by atoms with Gasteiger partial charge in [0.2, 0.25) is 10.0 Å². The van der Waals surface area contributed by atoms with Crippen molar-refractivity contribution in [2.75, 3.05) is 31.6 Å². The summed E-state index contributed by atoms with van der Waals surface area (Å²) in [5, 5.41) is 4.86. The third-order valence-electron chi connectivity index (χ3n) is 7.41. The fourth-order valence-corrected chi connectivity index (χ4v) is 6.50. The Kier molecular flexibility index (Phi) is 9.28. The Bertz CT molecular complexity index is 1560. The molecular formula is C32H37N5O3S. The predicted molar refractivity (Wildman–Crippen MR) is 164 cm³/mol. The lowest BCUT2D eigenvalue weighted by Gasteiger charge is -2.41. The summed E-state index contributed by atoms with van der Waals surface area (Å²) in [6.07, 6.45) is 8.35. The molecule has 5 rings (SSSR count). The number of hydrogen-bond acceptors (Lipinski definition) is 7. The SMILES string of the molecule is C=CCN1CCCC[C@H]1[C@@H](Nc1cc(C)nc2c(OCCNS(=O)(=O)c3cccnc3)cccc12)c1ccccc1. The third kappa shape index (κ3) is 6.93. The molecule has 0 saturated carbocycles. The highest BCUT2D eigenvalue weighted by molar-refractivity contribution is 7.89. The summed E-state index contributed by atoms with van der Waals surface area (Å²) in [5.74, 6) is 0.608. The van der Waals surface area contributed by atoms with Crippen molar-refractivity contribution in [1.82, 2.24) is 19.6 Å². The normalized spacial score (nSPS) is 16.8. The first-order valence-corrected chi connectivity index (χ1v) is 15.5. The molecular weight excluding hydrogens is 534 g/mol. The Labute approximate surface area is 242 Å². The van der Waals surface area contributed by atoms with Crippen LogP contribution in [-0.2, 0) is 10.0 Å². The van der Waals surface area contributed by atoms with Gasteiger partial charge in [-0.2, -0.15) is 0 Å². The maximum Gasteiger partial charge on any atom is 0.242 e. The second kappa shape index (κ2) is 13.2. The van der Waals surface area contributed by atoms with Crippen LogP contribution in [0.3, 0.4) is 0 Å². The molecule has 2 N–H and O–H groups in total. The Morgan fingerprint density at radius 3 is 2.76 bits per heavy atom. The number of para-hydroxylation sites is 1. The van der Waals surface area contributed by atoms with Crippen molar-refractivity contribution < 1.29 is 13.2 Å². The number of rotatable bonds is 12. The second-order valence-electron chi connectivity index (χ2n) is 10.3. The standard InChI is InChI=1S/C32H37N5O3S/c1-3-19-37-20-8-7-15-29(37)31(25-11-5-4-6-12-25)36-28-22-24(2)35-32-27(28)14-9-16-30(32)40-21-18-34-41(38,39)26-13-10-17-33-23-26/h3-6,9-14,16-17,22-23,29,31,34H,1,7-8,15,18-21H2,2H3,(H,35,36)/t29-,31-/m0/s1. The van der Waals surface area contributed by atoms with Crippen molar-refractivity contribution >= 4 is 26.6 Å². The third-order valence-corrected chi connectivity index (χ3v) is 8.86. The van der Waals surface area contributed by atoms with Crippen molar-refractivity contribution in [3.63, 3.8) is 0 Å². The van der Waals surface area contributed by atoms with E-state index in [9.17, 15) is 8.42 Å². The maximum atomic E-state index is 12.5. The lowest BCUT2D eigenvalue weighted by Crippen LogP contribution is -2.45. The number of pyridine rings is 2. The minimum absolute atomic E-state index is 0.0768. The van der Waals surface area contributed by atoms with Crippen LogP contribution in [0.1, 0.15) is 36.6 Å². The summed E-state index contributed by atoms with van der Waals surface area (Å²) in [7, 11) is -3.66. The van der Waals surface area contributed by atoms with E-state index in [-0.39, 0.29) is 24.1 Å². The molecule has 1 aliphatic rings. The van der Waals surface area contributed by atoms with Crippen LogP contribution in [-0.4, -0.2) is 55.6 Å². The van der Waals surface area contributed by atoms with E-state index in [0.717, 1.165) is 41.8 Å². The average Bonchev–Trinajstić information content (AvgIpc) is 2.99. The van der Waals surface area contributed by atoms with Crippen LogP contribution in [0.2, 0.25) is 0 Å². The molecule has 0 spiro atoms. The van der Waals surface area contributed by atoms with Gasteiger partial charge in [0.1, 0.15) is 22.8 Å². The molecule has 9 heteroatoms. The number of benzene rings is 2. The number of piperidine rings is 1. The Hall–Kier alpha value is -3.79. The zero-order valence-corrected chi connectivity index (χ0v) is 24.2. The molecule has 4 aromatic rings. The molecule has 0 radical (unpaired) electrons. The summed E-state index contributed by atoms with van der Waals surface area (Å²) in [6.45, 7) is 8.16. The molecule has 0 unspecified atom stereocenters. The van der Waals surface area contributed by atoms with E-state index in [1.807, 2.05) is 31.2 Å². The van der Waals surface area contributed by atoms with Gasteiger partial charge >= 0.3 is 0 Å². The minimum atomic E-state index is -3.66. The van der Waals surface area contributed by atoms with Crippen LogP contribution in [0.15, 0.2) is 96.7 Å². The molecule has 1 fully saturated rings. The van der Waals surface area contributed by atoms with Crippen molar-refractivity contribution in [2.24, 2.45) is 0 Å². The van der Waals surface area contributed by atoms with E-state index in [4.69, 9.17) is 9.72 Å². The van der Waals surface area contributed by atoms with Gasteiger partial charge in [-0.25, -0.2) is 18.1 Å². The van der Waals surface area contributed by atoms with E-state index in [1.54, 1.807) is 6.07 Å². The molecule has 1 aliphatic heterocycles. The average molecular weight is 572 g/mol. The number of hydrogen-bond donors (Lipinski definition) is 2. The van der Waals surface area contributed by atoms with Crippen LogP contribution in [0, 0.1) is 6.92 Å². The highest BCUT2D eigenvalue weighted by Gasteiger charge is 2.31. The van der Waals surface area contributed by atoms with E-state index >= 15 is 0 Å². The quantitative estimate of drug-likeness (QED) is 0.171. The first kappa shape index (κ1) is 28.7. The molecule has 0 amide bonds. The number of aromatic nitrogens is 2. The summed E-state index contributed by atoms with van der Waals surface area (Å²) in [6, 6.07) is 22.1. The number of sulfonamides is 1. The van der Waals surface area contributed by atoms with Crippen LogP contribution >= 0.6 is 0 Å². The molecule has 0 aliphatic carbocycles. The molecule has 3 heterocycles. The van der Waals surface area contributed by atoms with Gasteiger partial charge in [-0.3, -0.25) is 9.88 Å². The molecule has 2 aromatic carbocycles. The number of fused-ring (bicyclic) bond motifs is 1. The predicted octanol–water partition coefficient (Wildman–Crippen LogP) is 5.49. The molecule has 2 atom stereocenters. The van der Waals surface area contributed by atoms with Gasteiger partial charge in [-0.05, 0) is 56.1 Å². The van der Waals surface area contributed by atoms with Crippen molar-refractivity contribution in [2.45, 2.75) is 43.2 Å². The van der Waals surface area contributed by atoms with Gasteiger partial charge in [-0.1, -0.05) is 55.0 Å². The molecule has 2 aromatic heterocycles. The number of ether oxygens (including phenoxy) is 1. The molecule has 41 heavy (non-hydrogen) atoms. The largest absolute Gasteiger partial charge is 0.490 e. The highest BCUT2D eigenvalue weighted by atomic mass is 32.2. The van der Waals surface area contributed by atoms with Crippen LogP contribution in [0.4, 0.5) is 5.69 Å². The Morgan fingerprint density at radius 1 is 1.12 bits per heavy atom. The van der Waals surface area contributed by atoms with E-state index < -0.39 is 10.0 Å². The van der Waals surface area contributed by atoms with Gasteiger partial charge in [0.05, 0.1) is 6.04 Å². The number of nitrogens with zero attached hydrogens (tertiary/aromatic N) is 3. The molecule has 214 valence electrons. The number of aryl methyl sites for hydroxylation is 1. The van der Waals surface area contributed by atoms with Gasteiger partial charge in [0.15, 0.2) is 0 Å². The highest BCUT2D eigenvalue weighted by Crippen LogP contribution is 2.36. The number of anilines is 1. The summed E-state index contributed by atoms with van der Waals surface area (Å²) >= 11 is 0. The fraction of sp³-hybridized carbons (Fsp3) is 0.312. The Balaban J connectivity index is 1.39. The van der Waals surface area contributed by atoms with Crippen molar-refractivity contribution in [3.8, 4) is 5.75 Å². The zero-order valence-electron chi connectivity index (χ0n) is 23.4. The van der Waals surface area contributed by atoms with Crippen molar-refractivity contribution in [1.29, 1.82) is 0 Å². The first-order chi connectivity index (χ1) is 20.0. The van der Waals surface area contributed by atoms with Crippen LogP contribution < -0.4 is 14.8 Å². The van der Waals surface area contributed by atoms with Crippen molar-refractivity contribution in [3.05, 3.63) is 103 Å². The number of nitrogens with one attached hydrogen (secondary N) is 2. The summed E-state index contributed by atoms with van der Waals surface area (Å²) in [5.41, 5.74) is 3.84. The van der Waals surface area contributed by atoms with Crippen LogP contribution in [0.5, 0.6) is 5.75 Å². The van der Waals surface area contributed by atoms with E-state index in [1.165, 1.54) is 36.9 Å². The van der Waals surface area contributed by atoms with Gasteiger partial charge in [0, 0.05) is 48.3 Å². The zero-order chi connectivity index (χ0) is 28.7. The lowest BCUT2D eigenvalue weighted by molar-refractivity contribution is 0.147. The minimum Gasteiger partial charge on any atom is -0.490 e. The maximum absolute atomic E-state index is 12.5. The first-order valence-electron chi connectivity index (χ1n) is 14.1. The lowest BCUT2D eigenvalue weighted by atomic mass is 9.90. The van der Waals surface area contributed by atoms with Gasteiger partial charge in [0.25, 0.3) is 0 Å². The number of likely N-dealkylation sites (tertiary alicyclic amines) is 1. The molecule has 0 bridgehead atoms. The summed E-state index contributed by atoms with van der Waals surface area (Å²) in [4.78, 5) is 11.3. The molecule has 1 saturated heterocycles. The van der Waals surface area contributed by atoms with Gasteiger partial charge < -0.3 is 10.1 Å². The smallest absolute Gasteiger partial charge is 0.242 e. The molecule has 8 nitrogen and oxygen atoms in total. The van der Waals surface area contributed by atoms with E-state index in [2.05, 4.69) is 62.9 Å². The summed E-state index contributed by atoms with van der Waals surface area (Å²) < 4.78 is 33.7. The Morgan fingerprint density at radius 2 is 1.98 bits per heavy atom. The monoisotopic (exact) mass is 571 g/mol. The second-order valence-corrected chi connectivity index (χ2v) is 12.0. The van der Waals surface area contributed by atoms with Crippen LogP contribution in [0.25, 0.3) is 10.9 Å². The van der Waals surface area contributed by atoms with E-state index in [0.29, 0.717) is 11.8 Å². The topological polar surface area (TPSA) is 96.5 Å².